The highest BCUT2D eigenvalue weighted by Crippen LogP contribution is 2.05. The molecule has 4 nitrogen and oxygen atoms in total. The first-order valence-electron chi connectivity index (χ1n) is 3.29. The van der Waals surface area contributed by atoms with Crippen molar-refractivity contribution in [1.29, 1.82) is 0 Å². The fourth-order valence-corrected chi connectivity index (χ4v) is 0.960. The second kappa shape index (κ2) is 3.88. The van der Waals surface area contributed by atoms with Gasteiger partial charge in [0.05, 0.1) is 26.9 Å². The summed E-state index contributed by atoms with van der Waals surface area (Å²) in [6.07, 6.45) is -0.0428. The van der Waals surface area contributed by atoms with Gasteiger partial charge in [-0.25, -0.2) is 0 Å². The van der Waals surface area contributed by atoms with E-state index in [9.17, 15) is 0 Å². The lowest BCUT2D eigenvalue weighted by molar-refractivity contribution is -0.269. The predicted octanol–water partition coefficient (Wildman–Crippen LogP) is -0.147. The molecule has 10 heavy (non-hydrogen) atoms. The van der Waals surface area contributed by atoms with Gasteiger partial charge in [-0.2, -0.15) is 5.06 Å². The van der Waals surface area contributed by atoms with Crippen LogP contribution in [-0.2, 0) is 14.3 Å². The number of nitrogens with zero attached hydrogens (tertiary/aromatic N) is 1. The first kappa shape index (κ1) is 7.94. The quantitative estimate of drug-likeness (QED) is 0.543. The molecule has 1 fully saturated rings. The van der Waals surface area contributed by atoms with Gasteiger partial charge in [0.1, 0.15) is 0 Å². The second-order valence-electron chi connectivity index (χ2n) is 2.09. The molecule has 1 rings (SSSR count). The highest BCUT2D eigenvalue weighted by molar-refractivity contribution is 4.58. The summed E-state index contributed by atoms with van der Waals surface area (Å²) in [7, 11) is 3.28. The van der Waals surface area contributed by atoms with Crippen LogP contribution in [0, 0.1) is 0 Å². The monoisotopic (exact) mass is 147 g/mol. The molecular weight excluding hydrogens is 134 g/mol. The molecule has 0 amide bonds. The summed E-state index contributed by atoms with van der Waals surface area (Å²) in [6, 6.07) is 0. The number of rotatable bonds is 2. The van der Waals surface area contributed by atoms with Crippen molar-refractivity contribution >= 4 is 0 Å². The van der Waals surface area contributed by atoms with Gasteiger partial charge in [0.25, 0.3) is 0 Å². The van der Waals surface area contributed by atoms with Crippen molar-refractivity contribution in [3.8, 4) is 0 Å². The molecule has 4 heteroatoms. The predicted molar refractivity (Wildman–Crippen MR) is 35.3 cm³/mol. The Morgan fingerprint density at radius 3 is 2.80 bits per heavy atom. The van der Waals surface area contributed by atoms with Crippen LogP contribution < -0.4 is 0 Å². The SMILES string of the molecule is COC1COCCN1OC. The highest BCUT2D eigenvalue weighted by atomic mass is 16.7. The zero-order chi connectivity index (χ0) is 7.40. The molecule has 1 unspecified atom stereocenters. The zero-order valence-electron chi connectivity index (χ0n) is 6.37. The van der Waals surface area contributed by atoms with Crippen LogP contribution >= 0.6 is 0 Å². The number of morpholine rings is 1. The Labute approximate surface area is 60.6 Å². The number of methoxy groups -OCH3 is 1. The molecule has 0 saturated carbocycles. The van der Waals surface area contributed by atoms with Gasteiger partial charge in [0.15, 0.2) is 6.23 Å². The smallest absolute Gasteiger partial charge is 0.155 e. The third-order valence-electron chi connectivity index (χ3n) is 1.54. The average Bonchev–Trinajstić information content (AvgIpc) is 2.04. The van der Waals surface area contributed by atoms with Crippen LogP contribution in [0.1, 0.15) is 0 Å². The minimum absolute atomic E-state index is 0.0428. The molecule has 1 aliphatic heterocycles. The van der Waals surface area contributed by atoms with Crippen LogP contribution in [0.15, 0.2) is 0 Å². The third-order valence-corrected chi connectivity index (χ3v) is 1.54. The third kappa shape index (κ3) is 1.67. The summed E-state index contributed by atoms with van der Waals surface area (Å²) in [6.45, 7) is 2.08. The van der Waals surface area contributed by atoms with Crippen molar-refractivity contribution in [2.45, 2.75) is 6.23 Å². The molecule has 0 N–H and O–H groups in total. The molecule has 0 aliphatic carbocycles. The maximum absolute atomic E-state index is 5.16. The van der Waals surface area contributed by atoms with Gasteiger partial charge in [0.2, 0.25) is 0 Å². The fraction of sp³-hybridized carbons (Fsp3) is 1.00. The number of hydroxylamine groups is 2. The standard InChI is InChI=1S/C6H13NO3/c1-8-6-5-10-4-3-7(6)9-2/h6H,3-5H2,1-2H3. The summed E-state index contributed by atoms with van der Waals surface area (Å²) in [4.78, 5) is 5.02. The van der Waals surface area contributed by atoms with E-state index in [1.165, 1.54) is 0 Å². The van der Waals surface area contributed by atoms with Crippen LogP contribution in [0.2, 0.25) is 0 Å². The summed E-state index contributed by atoms with van der Waals surface area (Å²) in [5, 5.41) is 1.77. The van der Waals surface area contributed by atoms with E-state index >= 15 is 0 Å². The van der Waals surface area contributed by atoms with E-state index in [-0.39, 0.29) is 6.23 Å². The van der Waals surface area contributed by atoms with Crippen molar-refractivity contribution in [2.24, 2.45) is 0 Å². The van der Waals surface area contributed by atoms with Crippen LogP contribution in [0.4, 0.5) is 0 Å². The summed E-state index contributed by atoms with van der Waals surface area (Å²) < 4.78 is 10.2. The molecular formula is C6H13NO3. The number of hydrogen-bond acceptors (Lipinski definition) is 4. The van der Waals surface area contributed by atoms with E-state index in [1.807, 2.05) is 0 Å². The van der Waals surface area contributed by atoms with E-state index in [1.54, 1.807) is 19.3 Å². The zero-order valence-corrected chi connectivity index (χ0v) is 6.37. The van der Waals surface area contributed by atoms with Crippen molar-refractivity contribution in [2.75, 3.05) is 34.0 Å². The van der Waals surface area contributed by atoms with Gasteiger partial charge in [-0.05, 0) is 0 Å². The lowest BCUT2D eigenvalue weighted by atomic mass is 10.5. The summed E-state index contributed by atoms with van der Waals surface area (Å²) in [5.41, 5.74) is 0. The number of ether oxygens (including phenoxy) is 2. The number of hydrogen-bond donors (Lipinski definition) is 0. The van der Waals surface area contributed by atoms with Crippen LogP contribution in [0.3, 0.4) is 0 Å². The Kier molecular flexibility index (Phi) is 3.08. The minimum atomic E-state index is -0.0428. The Morgan fingerprint density at radius 2 is 2.30 bits per heavy atom. The van der Waals surface area contributed by atoms with Crippen LogP contribution in [0.5, 0.6) is 0 Å². The molecule has 0 bridgehead atoms. The fourth-order valence-electron chi connectivity index (χ4n) is 0.960. The molecule has 0 aromatic rings. The summed E-state index contributed by atoms with van der Waals surface area (Å²) in [5.74, 6) is 0. The topological polar surface area (TPSA) is 30.9 Å². The van der Waals surface area contributed by atoms with E-state index < -0.39 is 0 Å². The average molecular weight is 147 g/mol. The van der Waals surface area contributed by atoms with Crippen molar-refractivity contribution < 1.29 is 14.3 Å². The molecule has 1 heterocycles. The molecule has 0 aromatic heterocycles. The van der Waals surface area contributed by atoms with Crippen molar-refractivity contribution in [1.82, 2.24) is 5.06 Å². The van der Waals surface area contributed by atoms with E-state index in [4.69, 9.17) is 14.3 Å². The normalized spacial score (nSPS) is 28.8. The second-order valence-corrected chi connectivity index (χ2v) is 2.09. The highest BCUT2D eigenvalue weighted by Gasteiger charge is 2.21. The van der Waals surface area contributed by atoms with Gasteiger partial charge < -0.3 is 9.47 Å². The van der Waals surface area contributed by atoms with Gasteiger partial charge in [-0.1, -0.05) is 0 Å². The van der Waals surface area contributed by atoms with Crippen LogP contribution in [0.25, 0.3) is 0 Å². The van der Waals surface area contributed by atoms with Gasteiger partial charge >= 0.3 is 0 Å². The lowest BCUT2D eigenvalue weighted by Gasteiger charge is -2.31. The maximum Gasteiger partial charge on any atom is 0.155 e. The van der Waals surface area contributed by atoms with Gasteiger partial charge in [0, 0.05) is 7.11 Å². The molecule has 0 radical (unpaired) electrons. The molecule has 60 valence electrons. The van der Waals surface area contributed by atoms with Crippen molar-refractivity contribution in [3.05, 3.63) is 0 Å². The largest absolute Gasteiger partial charge is 0.376 e. The van der Waals surface area contributed by atoms with Crippen LogP contribution in [-0.4, -0.2) is 45.3 Å². The Hall–Kier alpha value is -0.160. The molecule has 1 aliphatic rings. The first-order chi connectivity index (χ1) is 4.88. The first-order valence-corrected chi connectivity index (χ1v) is 3.29. The maximum atomic E-state index is 5.16. The van der Waals surface area contributed by atoms with Crippen molar-refractivity contribution in [3.63, 3.8) is 0 Å². The van der Waals surface area contributed by atoms with Gasteiger partial charge in [-0.3, -0.25) is 4.84 Å². The molecule has 1 saturated heterocycles. The molecule has 0 spiro atoms. The van der Waals surface area contributed by atoms with E-state index in [0.717, 1.165) is 6.54 Å². The molecule has 0 aromatic carbocycles. The Morgan fingerprint density at radius 1 is 1.50 bits per heavy atom. The minimum Gasteiger partial charge on any atom is -0.376 e. The lowest BCUT2D eigenvalue weighted by Crippen LogP contribution is -2.45. The van der Waals surface area contributed by atoms with E-state index in [2.05, 4.69) is 0 Å². The van der Waals surface area contributed by atoms with E-state index in [0.29, 0.717) is 13.2 Å². The summed E-state index contributed by atoms with van der Waals surface area (Å²) >= 11 is 0. The molecule has 1 atom stereocenters. The Bertz CT molecular complexity index is 87.0. The van der Waals surface area contributed by atoms with Gasteiger partial charge in [-0.15, -0.1) is 0 Å². The Balaban J connectivity index is 2.34.